The number of hydrogen-bond donors (Lipinski definition) is 2. The lowest BCUT2D eigenvalue weighted by molar-refractivity contribution is -0.135. The van der Waals surface area contributed by atoms with Crippen molar-refractivity contribution in [1.82, 2.24) is 10.2 Å². The summed E-state index contributed by atoms with van der Waals surface area (Å²) in [6.45, 7) is 2.19. The summed E-state index contributed by atoms with van der Waals surface area (Å²) in [6, 6.07) is 4.78. The van der Waals surface area contributed by atoms with Crippen LogP contribution < -0.4 is 10.1 Å². The fraction of sp³-hybridized carbons (Fsp3) is 0.500. The van der Waals surface area contributed by atoms with Gasteiger partial charge >= 0.3 is 0 Å². The maximum absolute atomic E-state index is 12.2. The van der Waals surface area contributed by atoms with Gasteiger partial charge in [0, 0.05) is 20.1 Å². The average Bonchev–Trinajstić information content (AvgIpc) is 2.49. The third-order valence-electron chi connectivity index (χ3n) is 3.26. The number of nitrogens with zero attached hydrogens (tertiary/aromatic N) is 1. The predicted molar refractivity (Wildman–Crippen MR) is 81.0 cm³/mol. The second kappa shape index (κ2) is 8.07. The van der Waals surface area contributed by atoms with E-state index in [-0.39, 0.29) is 30.1 Å². The Labute approximate surface area is 130 Å². The minimum Gasteiger partial charge on any atom is -0.504 e. The lowest BCUT2D eigenvalue weighted by atomic mass is 10.1. The summed E-state index contributed by atoms with van der Waals surface area (Å²) < 4.78 is 10.4. The van der Waals surface area contributed by atoms with Crippen molar-refractivity contribution < 1.29 is 19.4 Å². The van der Waals surface area contributed by atoms with Crippen molar-refractivity contribution in [2.24, 2.45) is 0 Å². The van der Waals surface area contributed by atoms with Crippen molar-refractivity contribution >= 4 is 18.3 Å². The minimum absolute atomic E-state index is 0. The first-order chi connectivity index (χ1) is 9.61. The number of rotatable bonds is 4. The molecule has 1 aliphatic rings. The van der Waals surface area contributed by atoms with Gasteiger partial charge in [-0.25, -0.2) is 0 Å². The molecule has 1 aromatic carbocycles. The predicted octanol–water partition coefficient (Wildman–Crippen LogP) is 0.769. The van der Waals surface area contributed by atoms with Crippen molar-refractivity contribution in [3.63, 3.8) is 0 Å². The number of hydrogen-bond acceptors (Lipinski definition) is 5. The standard InChI is InChI=1S/C14H20N2O4.ClH/c1-16(14(18)11-9-20-6-5-15-11)8-10-3-4-12(17)13(7-10)19-2;/h3-4,7,11,15,17H,5-6,8-9H2,1-2H3;1H. The summed E-state index contributed by atoms with van der Waals surface area (Å²) in [5.41, 5.74) is 0.896. The summed E-state index contributed by atoms with van der Waals surface area (Å²) in [4.78, 5) is 13.9. The Balaban J connectivity index is 0.00000220. The van der Waals surface area contributed by atoms with Crippen LogP contribution in [-0.4, -0.2) is 55.9 Å². The first-order valence-corrected chi connectivity index (χ1v) is 6.54. The molecule has 1 amide bonds. The van der Waals surface area contributed by atoms with Crippen molar-refractivity contribution in [2.45, 2.75) is 12.6 Å². The van der Waals surface area contributed by atoms with E-state index in [1.165, 1.54) is 7.11 Å². The van der Waals surface area contributed by atoms with E-state index in [1.54, 1.807) is 30.1 Å². The van der Waals surface area contributed by atoms with Gasteiger partial charge in [0.1, 0.15) is 6.04 Å². The zero-order chi connectivity index (χ0) is 14.5. The molecule has 1 fully saturated rings. The number of nitrogens with one attached hydrogen (secondary N) is 1. The fourth-order valence-electron chi connectivity index (χ4n) is 2.16. The second-order valence-electron chi connectivity index (χ2n) is 4.78. The fourth-order valence-corrected chi connectivity index (χ4v) is 2.16. The molecule has 1 saturated heterocycles. The number of carbonyl (C=O) groups is 1. The molecule has 1 unspecified atom stereocenters. The normalized spacial score (nSPS) is 17.7. The molecule has 2 N–H and O–H groups in total. The highest BCUT2D eigenvalue weighted by Gasteiger charge is 2.24. The molecule has 6 nitrogen and oxygen atoms in total. The largest absolute Gasteiger partial charge is 0.504 e. The lowest BCUT2D eigenvalue weighted by Crippen LogP contribution is -2.51. The Morgan fingerprint density at radius 1 is 1.57 bits per heavy atom. The Morgan fingerprint density at radius 3 is 2.95 bits per heavy atom. The van der Waals surface area contributed by atoms with E-state index in [0.717, 1.165) is 5.56 Å². The molecule has 0 saturated carbocycles. The molecular weight excluding hydrogens is 296 g/mol. The number of likely N-dealkylation sites (N-methyl/N-ethyl adjacent to an activating group) is 1. The summed E-state index contributed by atoms with van der Waals surface area (Å²) >= 11 is 0. The lowest BCUT2D eigenvalue weighted by Gasteiger charge is -2.27. The third kappa shape index (κ3) is 4.49. The molecule has 1 aliphatic heterocycles. The molecule has 7 heteroatoms. The summed E-state index contributed by atoms with van der Waals surface area (Å²) in [6.07, 6.45) is 0. The van der Waals surface area contributed by atoms with Crippen molar-refractivity contribution in [3.05, 3.63) is 23.8 Å². The molecule has 21 heavy (non-hydrogen) atoms. The van der Waals surface area contributed by atoms with Gasteiger partial charge in [0.2, 0.25) is 5.91 Å². The van der Waals surface area contributed by atoms with Gasteiger partial charge in [-0.3, -0.25) is 4.79 Å². The molecule has 0 aromatic heterocycles. The number of halogens is 1. The van der Waals surface area contributed by atoms with Gasteiger partial charge in [0.05, 0.1) is 20.3 Å². The zero-order valence-corrected chi connectivity index (χ0v) is 13.0. The number of benzene rings is 1. The van der Waals surface area contributed by atoms with Crippen LogP contribution in [0.25, 0.3) is 0 Å². The quantitative estimate of drug-likeness (QED) is 0.858. The van der Waals surface area contributed by atoms with E-state index in [0.29, 0.717) is 32.1 Å². The van der Waals surface area contributed by atoms with Crippen LogP contribution >= 0.6 is 12.4 Å². The third-order valence-corrected chi connectivity index (χ3v) is 3.26. The summed E-state index contributed by atoms with van der Waals surface area (Å²) in [7, 11) is 3.24. The van der Waals surface area contributed by atoms with Gasteiger partial charge in [-0.2, -0.15) is 0 Å². The maximum Gasteiger partial charge on any atom is 0.242 e. The van der Waals surface area contributed by atoms with Crippen LogP contribution in [0.4, 0.5) is 0 Å². The van der Waals surface area contributed by atoms with Gasteiger partial charge in [0.15, 0.2) is 11.5 Å². The molecule has 0 bridgehead atoms. The smallest absolute Gasteiger partial charge is 0.242 e. The van der Waals surface area contributed by atoms with E-state index in [2.05, 4.69) is 5.32 Å². The Bertz CT molecular complexity index is 478. The van der Waals surface area contributed by atoms with Crippen LogP contribution in [0.3, 0.4) is 0 Å². The van der Waals surface area contributed by atoms with Crippen LogP contribution in [0.15, 0.2) is 18.2 Å². The van der Waals surface area contributed by atoms with Crippen molar-refractivity contribution in [1.29, 1.82) is 0 Å². The number of carbonyl (C=O) groups excluding carboxylic acids is 1. The monoisotopic (exact) mass is 316 g/mol. The van der Waals surface area contributed by atoms with Crippen LogP contribution in [0, 0.1) is 0 Å². The van der Waals surface area contributed by atoms with Gasteiger partial charge in [-0.1, -0.05) is 6.07 Å². The maximum atomic E-state index is 12.2. The summed E-state index contributed by atoms with van der Waals surface area (Å²) in [5, 5.41) is 12.7. The number of methoxy groups -OCH3 is 1. The molecule has 118 valence electrons. The molecule has 1 aromatic rings. The number of phenolic OH excluding ortho intramolecular Hbond substituents is 1. The van der Waals surface area contributed by atoms with Crippen molar-refractivity contribution in [3.8, 4) is 11.5 Å². The van der Waals surface area contributed by atoms with Crippen molar-refractivity contribution in [2.75, 3.05) is 33.9 Å². The second-order valence-corrected chi connectivity index (χ2v) is 4.78. The Morgan fingerprint density at radius 2 is 2.33 bits per heavy atom. The van der Waals surface area contributed by atoms with E-state index in [4.69, 9.17) is 9.47 Å². The highest BCUT2D eigenvalue weighted by atomic mass is 35.5. The van der Waals surface area contributed by atoms with E-state index in [9.17, 15) is 9.90 Å². The molecule has 0 aliphatic carbocycles. The molecular formula is C14H21ClN2O4. The van der Waals surface area contributed by atoms with Crippen LogP contribution in [-0.2, 0) is 16.1 Å². The first-order valence-electron chi connectivity index (χ1n) is 6.54. The Kier molecular flexibility index (Phi) is 6.74. The van der Waals surface area contributed by atoms with Crippen LogP contribution in [0.1, 0.15) is 5.56 Å². The summed E-state index contributed by atoms with van der Waals surface area (Å²) in [5.74, 6) is 0.492. The number of amides is 1. The average molecular weight is 317 g/mol. The zero-order valence-electron chi connectivity index (χ0n) is 12.2. The number of ether oxygens (including phenoxy) is 2. The van der Waals surface area contributed by atoms with Gasteiger partial charge < -0.3 is 24.8 Å². The number of aromatic hydroxyl groups is 1. The van der Waals surface area contributed by atoms with E-state index >= 15 is 0 Å². The van der Waals surface area contributed by atoms with Gasteiger partial charge in [-0.15, -0.1) is 12.4 Å². The number of morpholine rings is 1. The Hall–Kier alpha value is -1.50. The molecule has 1 heterocycles. The van der Waals surface area contributed by atoms with Gasteiger partial charge in [-0.05, 0) is 17.7 Å². The van der Waals surface area contributed by atoms with Gasteiger partial charge in [0.25, 0.3) is 0 Å². The highest BCUT2D eigenvalue weighted by molar-refractivity contribution is 5.85. The molecule has 1 atom stereocenters. The van der Waals surface area contributed by atoms with E-state index in [1.807, 2.05) is 0 Å². The molecule has 0 radical (unpaired) electrons. The minimum atomic E-state index is -0.284. The molecule has 0 spiro atoms. The van der Waals surface area contributed by atoms with Crippen LogP contribution in [0.5, 0.6) is 11.5 Å². The number of phenols is 1. The van der Waals surface area contributed by atoms with Crippen LogP contribution in [0.2, 0.25) is 0 Å². The molecule has 2 rings (SSSR count). The topological polar surface area (TPSA) is 71.0 Å². The highest BCUT2D eigenvalue weighted by Crippen LogP contribution is 2.26. The van der Waals surface area contributed by atoms with E-state index < -0.39 is 0 Å². The first kappa shape index (κ1) is 17.6. The SMILES string of the molecule is COc1cc(CN(C)C(=O)C2COCCN2)ccc1O.Cl.